The first-order chi connectivity index (χ1) is 8.22. The Bertz CT molecular complexity index is 549. The summed E-state index contributed by atoms with van der Waals surface area (Å²) >= 11 is 7.15. The highest BCUT2D eigenvalue weighted by Gasteiger charge is 2.07. The third kappa shape index (κ3) is 2.87. The van der Waals surface area contributed by atoms with E-state index in [9.17, 15) is 4.79 Å². The Balaban J connectivity index is 2.13. The van der Waals surface area contributed by atoms with Crippen LogP contribution in [0.3, 0.4) is 0 Å². The summed E-state index contributed by atoms with van der Waals surface area (Å²) in [5.74, 6) is 1.22. The van der Waals surface area contributed by atoms with Crippen molar-refractivity contribution in [3.8, 4) is 0 Å². The van der Waals surface area contributed by atoms with E-state index in [1.54, 1.807) is 10.9 Å². The molecule has 0 N–H and O–H groups in total. The van der Waals surface area contributed by atoms with Crippen LogP contribution in [0.2, 0.25) is 0 Å². The normalized spacial score (nSPS) is 13.1. The highest BCUT2D eigenvalue weighted by molar-refractivity contribution is 7.17. The lowest BCUT2D eigenvalue weighted by Gasteiger charge is -2.10. The molecule has 0 aliphatic carbocycles. The van der Waals surface area contributed by atoms with Gasteiger partial charge in [-0.05, 0) is 30.2 Å². The highest BCUT2D eigenvalue weighted by Crippen LogP contribution is 2.14. The Hall–Kier alpha value is -0.870. The van der Waals surface area contributed by atoms with Crippen LogP contribution in [-0.2, 0) is 6.54 Å². The molecule has 92 valence electrons. The number of thiophene rings is 1. The van der Waals surface area contributed by atoms with Gasteiger partial charge in [0.15, 0.2) is 0 Å². The molecule has 0 aliphatic heterocycles. The first kappa shape index (κ1) is 12.6. The maximum Gasteiger partial charge on any atom is 0.271 e. The second-order valence-corrected chi connectivity index (χ2v) is 5.54. The number of alkyl halides is 1. The topological polar surface area (TPSA) is 34.9 Å². The molecule has 1 atom stereocenters. The average Bonchev–Trinajstić information content (AvgIpc) is 2.77. The average molecular weight is 271 g/mol. The van der Waals surface area contributed by atoms with Crippen molar-refractivity contribution in [1.29, 1.82) is 0 Å². The van der Waals surface area contributed by atoms with Crippen LogP contribution in [0, 0.1) is 5.92 Å². The third-order valence-corrected chi connectivity index (χ3v) is 4.01. The highest BCUT2D eigenvalue weighted by atomic mass is 35.5. The molecule has 17 heavy (non-hydrogen) atoms. The third-order valence-electron chi connectivity index (χ3n) is 2.90. The summed E-state index contributed by atoms with van der Waals surface area (Å²) < 4.78 is 2.45. The van der Waals surface area contributed by atoms with E-state index in [1.165, 1.54) is 11.3 Å². The minimum Gasteiger partial charge on any atom is -0.298 e. The first-order valence-electron chi connectivity index (χ1n) is 5.71. The van der Waals surface area contributed by atoms with Crippen molar-refractivity contribution in [1.82, 2.24) is 9.55 Å². The van der Waals surface area contributed by atoms with Crippen molar-refractivity contribution in [2.75, 3.05) is 5.88 Å². The molecule has 0 bridgehead atoms. The SMILES string of the molecule is CC(CCCl)CCn1cnc2ccsc2c1=O. The van der Waals surface area contributed by atoms with Gasteiger partial charge in [0.2, 0.25) is 0 Å². The zero-order chi connectivity index (χ0) is 12.3. The molecular weight excluding hydrogens is 256 g/mol. The molecule has 2 heterocycles. The number of aromatic nitrogens is 2. The molecule has 0 fully saturated rings. The Labute approximate surface area is 109 Å². The second kappa shape index (κ2) is 5.65. The van der Waals surface area contributed by atoms with E-state index < -0.39 is 0 Å². The Morgan fingerprint density at radius 2 is 2.35 bits per heavy atom. The number of aryl methyl sites for hydroxylation is 1. The van der Waals surface area contributed by atoms with Crippen LogP contribution in [0.4, 0.5) is 0 Å². The number of halogens is 1. The van der Waals surface area contributed by atoms with Gasteiger partial charge in [0.05, 0.1) is 11.8 Å². The van der Waals surface area contributed by atoms with Crippen molar-refractivity contribution in [3.63, 3.8) is 0 Å². The molecule has 0 saturated heterocycles. The van der Waals surface area contributed by atoms with E-state index in [2.05, 4.69) is 11.9 Å². The molecule has 0 amide bonds. The van der Waals surface area contributed by atoms with Gasteiger partial charge in [0.25, 0.3) is 5.56 Å². The molecule has 3 nitrogen and oxygen atoms in total. The fraction of sp³-hybridized carbons (Fsp3) is 0.500. The lowest BCUT2D eigenvalue weighted by atomic mass is 10.1. The summed E-state index contributed by atoms with van der Waals surface area (Å²) in [4.78, 5) is 16.3. The fourth-order valence-electron chi connectivity index (χ4n) is 1.73. The van der Waals surface area contributed by atoms with Gasteiger partial charge >= 0.3 is 0 Å². The Morgan fingerprint density at radius 1 is 1.53 bits per heavy atom. The molecule has 0 spiro atoms. The van der Waals surface area contributed by atoms with Crippen LogP contribution in [0.5, 0.6) is 0 Å². The zero-order valence-corrected chi connectivity index (χ0v) is 11.3. The molecule has 0 aliphatic rings. The van der Waals surface area contributed by atoms with Gasteiger partial charge in [-0.25, -0.2) is 4.98 Å². The van der Waals surface area contributed by atoms with Crippen molar-refractivity contribution >= 4 is 33.2 Å². The Morgan fingerprint density at radius 3 is 3.12 bits per heavy atom. The molecule has 0 aromatic carbocycles. The molecule has 2 rings (SSSR count). The van der Waals surface area contributed by atoms with Crippen molar-refractivity contribution in [3.05, 3.63) is 28.1 Å². The number of hydrogen-bond acceptors (Lipinski definition) is 3. The van der Waals surface area contributed by atoms with E-state index in [0.717, 1.165) is 29.6 Å². The molecule has 0 saturated carbocycles. The van der Waals surface area contributed by atoms with Crippen LogP contribution < -0.4 is 5.56 Å². The van der Waals surface area contributed by atoms with Crippen molar-refractivity contribution in [2.24, 2.45) is 5.92 Å². The van der Waals surface area contributed by atoms with Gasteiger partial charge in [-0.2, -0.15) is 0 Å². The van der Waals surface area contributed by atoms with Gasteiger partial charge in [0, 0.05) is 12.4 Å². The fourth-order valence-corrected chi connectivity index (χ4v) is 2.89. The lowest BCUT2D eigenvalue weighted by Crippen LogP contribution is -2.20. The van der Waals surface area contributed by atoms with Gasteiger partial charge in [-0.15, -0.1) is 22.9 Å². The molecule has 2 aromatic rings. The quantitative estimate of drug-likeness (QED) is 0.783. The van der Waals surface area contributed by atoms with Gasteiger partial charge in [-0.1, -0.05) is 6.92 Å². The van der Waals surface area contributed by atoms with E-state index >= 15 is 0 Å². The molecule has 5 heteroatoms. The van der Waals surface area contributed by atoms with E-state index in [0.29, 0.717) is 11.8 Å². The molecule has 2 aromatic heterocycles. The summed E-state index contributed by atoms with van der Waals surface area (Å²) in [6, 6.07) is 1.88. The maximum atomic E-state index is 12.1. The van der Waals surface area contributed by atoms with E-state index in [4.69, 9.17) is 11.6 Å². The number of hydrogen-bond donors (Lipinski definition) is 0. The summed E-state index contributed by atoms with van der Waals surface area (Å²) in [5, 5.41) is 1.90. The maximum absolute atomic E-state index is 12.1. The first-order valence-corrected chi connectivity index (χ1v) is 7.12. The van der Waals surface area contributed by atoms with Crippen LogP contribution in [0.25, 0.3) is 10.2 Å². The number of rotatable bonds is 5. The van der Waals surface area contributed by atoms with E-state index in [-0.39, 0.29) is 5.56 Å². The minimum atomic E-state index is 0.0723. The largest absolute Gasteiger partial charge is 0.298 e. The molecule has 0 radical (unpaired) electrons. The van der Waals surface area contributed by atoms with Crippen molar-refractivity contribution < 1.29 is 0 Å². The van der Waals surface area contributed by atoms with Crippen LogP contribution in [0.15, 0.2) is 22.6 Å². The summed E-state index contributed by atoms with van der Waals surface area (Å²) in [6.07, 6.45) is 3.60. The standard InChI is InChI=1S/C12H15ClN2OS/c1-9(2-5-13)3-6-15-8-14-10-4-7-17-11(10)12(15)16/h4,7-9H,2-3,5-6H2,1H3. The minimum absolute atomic E-state index is 0.0723. The van der Waals surface area contributed by atoms with Crippen LogP contribution in [0.1, 0.15) is 19.8 Å². The summed E-state index contributed by atoms with van der Waals surface area (Å²) in [6.45, 7) is 2.88. The molecule has 1 unspecified atom stereocenters. The van der Waals surface area contributed by atoms with Crippen molar-refractivity contribution in [2.45, 2.75) is 26.3 Å². The predicted octanol–water partition coefficient (Wildman–Crippen LogP) is 3.11. The second-order valence-electron chi connectivity index (χ2n) is 4.25. The number of fused-ring (bicyclic) bond motifs is 1. The van der Waals surface area contributed by atoms with E-state index in [1.807, 2.05) is 11.4 Å². The van der Waals surface area contributed by atoms with Crippen LogP contribution >= 0.6 is 22.9 Å². The Kier molecular flexibility index (Phi) is 4.18. The summed E-state index contributed by atoms with van der Waals surface area (Å²) in [5.41, 5.74) is 0.869. The predicted molar refractivity (Wildman–Crippen MR) is 73.0 cm³/mol. The lowest BCUT2D eigenvalue weighted by molar-refractivity contribution is 0.464. The van der Waals surface area contributed by atoms with Crippen LogP contribution in [-0.4, -0.2) is 15.4 Å². The summed E-state index contributed by atoms with van der Waals surface area (Å²) in [7, 11) is 0. The number of nitrogens with zero attached hydrogens (tertiary/aromatic N) is 2. The monoisotopic (exact) mass is 270 g/mol. The molecular formula is C12H15ClN2OS. The van der Waals surface area contributed by atoms with Gasteiger partial charge < -0.3 is 0 Å². The van der Waals surface area contributed by atoms with Gasteiger partial charge in [0.1, 0.15) is 4.70 Å². The smallest absolute Gasteiger partial charge is 0.271 e. The van der Waals surface area contributed by atoms with Gasteiger partial charge in [-0.3, -0.25) is 9.36 Å². The zero-order valence-electron chi connectivity index (χ0n) is 9.73.